The Balaban J connectivity index is 1.72. The molecule has 0 saturated carbocycles. The maximum Gasteiger partial charge on any atom is 0.253 e. The summed E-state index contributed by atoms with van der Waals surface area (Å²) in [7, 11) is 0.212. The highest BCUT2D eigenvalue weighted by Crippen LogP contribution is 2.19. The first kappa shape index (κ1) is 19.3. The highest BCUT2D eigenvalue weighted by atomic mass is 32.2. The standard InChI is InChI=1S/C18H27N3O4S/c1-20-9-6-16(7-10-20)21(2)18(22)14-4-3-5-17(12-14)26(23,24)19-15-8-11-25-13-15/h3-5,12,15-16,19H,6-11,13H2,1-2H3. The van der Waals surface area contributed by atoms with Crippen molar-refractivity contribution in [3.05, 3.63) is 29.8 Å². The Hall–Kier alpha value is -1.48. The van der Waals surface area contributed by atoms with Gasteiger partial charge in [0.25, 0.3) is 5.91 Å². The van der Waals surface area contributed by atoms with Gasteiger partial charge in [-0.2, -0.15) is 0 Å². The van der Waals surface area contributed by atoms with E-state index in [1.54, 1.807) is 24.1 Å². The molecule has 2 aliphatic rings. The van der Waals surface area contributed by atoms with Crippen LogP contribution in [0.5, 0.6) is 0 Å². The molecule has 144 valence electrons. The van der Waals surface area contributed by atoms with Gasteiger partial charge in [-0.1, -0.05) is 6.07 Å². The summed E-state index contributed by atoms with van der Waals surface area (Å²) in [4.78, 5) is 16.9. The number of rotatable bonds is 5. The molecule has 1 N–H and O–H groups in total. The number of nitrogens with zero attached hydrogens (tertiary/aromatic N) is 2. The Labute approximate surface area is 155 Å². The smallest absolute Gasteiger partial charge is 0.253 e. The van der Waals surface area contributed by atoms with Crippen LogP contribution in [0, 0.1) is 0 Å². The van der Waals surface area contributed by atoms with E-state index in [-0.39, 0.29) is 22.9 Å². The van der Waals surface area contributed by atoms with Crippen molar-refractivity contribution in [3.8, 4) is 0 Å². The van der Waals surface area contributed by atoms with Gasteiger partial charge in [0.15, 0.2) is 0 Å². The van der Waals surface area contributed by atoms with Gasteiger partial charge in [0.05, 0.1) is 11.5 Å². The summed E-state index contributed by atoms with van der Waals surface area (Å²) >= 11 is 0. The fourth-order valence-corrected chi connectivity index (χ4v) is 4.76. The summed E-state index contributed by atoms with van der Waals surface area (Å²) < 4.78 is 33.0. The molecule has 2 aliphatic heterocycles. The summed E-state index contributed by atoms with van der Waals surface area (Å²) in [6.07, 6.45) is 2.52. The van der Waals surface area contributed by atoms with E-state index in [0.29, 0.717) is 25.2 Å². The second-order valence-electron chi connectivity index (χ2n) is 7.16. The zero-order valence-corrected chi connectivity index (χ0v) is 16.2. The average molecular weight is 381 g/mol. The Kier molecular flexibility index (Phi) is 5.96. The van der Waals surface area contributed by atoms with Gasteiger partial charge < -0.3 is 14.5 Å². The quantitative estimate of drug-likeness (QED) is 0.821. The zero-order chi connectivity index (χ0) is 18.7. The summed E-state index contributed by atoms with van der Waals surface area (Å²) in [6.45, 7) is 2.87. The van der Waals surface area contributed by atoms with E-state index in [0.717, 1.165) is 25.9 Å². The van der Waals surface area contributed by atoms with Crippen LogP contribution in [-0.2, 0) is 14.8 Å². The van der Waals surface area contributed by atoms with Crippen molar-refractivity contribution in [2.75, 3.05) is 40.4 Å². The first-order valence-electron chi connectivity index (χ1n) is 9.02. The number of ether oxygens (including phenoxy) is 1. The van der Waals surface area contributed by atoms with Gasteiger partial charge in [0.1, 0.15) is 0 Å². The van der Waals surface area contributed by atoms with Crippen molar-refractivity contribution >= 4 is 15.9 Å². The molecule has 1 unspecified atom stereocenters. The normalized spacial score (nSPS) is 22.5. The molecule has 0 aromatic heterocycles. The van der Waals surface area contributed by atoms with Crippen LogP contribution in [0.1, 0.15) is 29.6 Å². The van der Waals surface area contributed by atoms with Gasteiger partial charge >= 0.3 is 0 Å². The number of sulfonamides is 1. The summed E-state index contributed by atoms with van der Waals surface area (Å²) in [5.74, 6) is -0.138. The molecule has 2 heterocycles. The number of amides is 1. The Morgan fingerprint density at radius 3 is 2.65 bits per heavy atom. The third-order valence-corrected chi connectivity index (χ3v) is 6.72. The molecule has 1 aromatic carbocycles. The van der Waals surface area contributed by atoms with Gasteiger partial charge in [0.2, 0.25) is 10.0 Å². The molecule has 7 nitrogen and oxygen atoms in total. The predicted octanol–water partition coefficient (Wildman–Crippen LogP) is 0.920. The molecule has 0 aliphatic carbocycles. The molecule has 0 radical (unpaired) electrons. The number of nitrogens with one attached hydrogen (secondary N) is 1. The topological polar surface area (TPSA) is 79.0 Å². The minimum Gasteiger partial charge on any atom is -0.380 e. The lowest BCUT2D eigenvalue weighted by atomic mass is 10.0. The molecule has 8 heteroatoms. The van der Waals surface area contributed by atoms with Crippen LogP contribution in [0.15, 0.2) is 29.2 Å². The molecule has 26 heavy (non-hydrogen) atoms. The lowest BCUT2D eigenvalue weighted by Gasteiger charge is -2.35. The Bertz CT molecular complexity index is 739. The number of hydrogen-bond donors (Lipinski definition) is 1. The van der Waals surface area contributed by atoms with Crippen molar-refractivity contribution in [1.82, 2.24) is 14.5 Å². The lowest BCUT2D eigenvalue weighted by molar-refractivity contribution is 0.0659. The number of benzene rings is 1. The van der Waals surface area contributed by atoms with Crippen LogP contribution in [-0.4, -0.2) is 76.6 Å². The van der Waals surface area contributed by atoms with E-state index < -0.39 is 10.0 Å². The molecule has 1 aromatic rings. The molecule has 1 amide bonds. The molecule has 0 spiro atoms. The number of hydrogen-bond acceptors (Lipinski definition) is 5. The number of likely N-dealkylation sites (tertiary alicyclic amines) is 1. The van der Waals surface area contributed by atoms with E-state index in [4.69, 9.17) is 4.74 Å². The Morgan fingerprint density at radius 1 is 1.27 bits per heavy atom. The van der Waals surface area contributed by atoms with Crippen LogP contribution in [0.3, 0.4) is 0 Å². The first-order chi connectivity index (χ1) is 12.4. The second kappa shape index (κ2) is 8.04. The first-order valence-corrected chi connectivity index (χ1v) is 10.5. The van der Waals surface area contributed by atoms with E-state index in [1.165, 1.54) is 12.1 Å². The SMILES string of the molecule is CN1CCC(N(C)C(=O)c2cccc(S(=O)(=O)NC3CCOC3)c2)CC1. The van der Waals surface area contributed by atoms with Crippen LogP contribution in [0.2, 0.25) is 0 Å². The fraction of sp³-hybridized carbons (Fsp3) is 0.611. The van der Waals surface area contributed by atoms with Gasteiger partial charge in [0, 0.05) is 31.3 Å². The Morgan fingerprint density at radius 2 is 2.00 bits per heavy atom. The molecule has 0 bridgehead atoms. The van der Waals surface area contributed by atoms with Gasteiger partial charge in [-0.15, -0.1) is 0 Å². The molecule has 3 rings (SSSR count). The van der Waals surface area contributed by atoms with E-state index in [9.17, 15) is 13.2 Å². The van der Waals surface area contributed by atoms with E-state index in [1.807, 2.05) is 0 Å². The monoisotopic (exact) mass is 381 g/mol. The van der Waals surface area contributed by atoms with Crippen LogP contribution in [0.25, 0.3) is 0 Å². The van der Waals surface area contributed by atoms with E-state index >= 15 is 0 Å². The maximum atomic E-state index is 12.8. The fourth-order valence-electron chi connectivity index (χ4n) is 3.46. The van der Waals surface area contributed by atoms with Crippen LogP contribution >= 0.6 is 0 Å². The van der Waals surface area contributed by atoms with Crippen LogP contribution < -0.4 is 4.72 Å². The van der Waals surface area contributed by atoms with Crippen molar-refractivity contribution in [1.29, 1.82) is 0 Å². The highest BCUT2D eigenvalue weighted by Gasteiger charge is 2.27. The minimum absolute atomic E-state index is 0.118. The number of piperidine rings is 1. The molecule has 2 saturated heterocycles. The largest absolute Gasteiger partial charge is 0.380 e. The predicted molar refractivity (Wildman–Crippen MR) is 98.6 cm³/mol. The van der Waals surface area contributed by atoms with Gasteiger partial charge in [-0.05, 0) is 57.6 Å². The minimum atomic E-state index is -3.66. The van der Waals surface area contributed by atoms with E-state index in [2.05, 4.69) is 16.7 Å². The van der Waals surface area contributed by atoms with Gasteiger partial charge in [-0.3, -0.25) is 4.79 Å². The number of carbonyl (C=O) groups is 1. The highest BCUT2D eigenvalue weighted by molar-refractivity contribution is 7.89. The van der Waals surface area contributed by atoms with Crippen molar-refractivity contribution in [3.63, 3.8) is 0 Å². The van der Waals surface area contributed by atoms with Crippen molar-refractivity contribution < 1.29 is 17.9 Å². The zero-order valence-electron chi connectivity index (χ0n) is 15.3. The molecule has 1 atom stereocenters. The third-order valence-electron chi connectivity index (χ3n) is 5.20. The second-order valence-corrected chi connectivity index (χ2v) is 8.87. The van der Waals surface area contributed by atoms with Gasteiger partial charge in [-0.25, -0.2) is 13.1 Å². The molecular formula is C18H27N3O4S. The maximum absolute atomic E-state index is 12.8. The van der Waals surface area contributed by atoms with Crippen molar-refractivity contribution in [2.24, 2.45) is 0 Å². The lowest BCUT2D eigenvalue weighted by Crippen LogP contribution is -2.44. The number of carbonyl (C=O) groups excluding carboxylic acids is 1. The summed E-state index contributed by atoms with van der Waals surface area (Å²) in [6, 6.07) is 6.26. The van der Waals surface area contributed by atoms with Crippen LogP contribution in [0.4, 0.5) is 0 Å². The van der Waals surface area contributed by atoms with Crippen molar-refractivity contribution in [2.45, 2.75) is 36.2 Å². The summed E-state index contributed by atoms with van der Waals surface area (Å²) in [5, 5.41) is 0. The third kappa shape index (κ3) is 4.43. The molecule has 2 fully saturated rings. The molecular weight excluding hydrogens is 354 g/mol. The average Bonchev–Trinajstić information content (AvgIpc) is 3.13. The summed E-state index contributed by atoms with van der Waals surface area (Å²) in [5.41, 5.74) is 0.400.